The SMILES string of the molecule is Cn1ccnc1N=Nc1ccccc1NCC(C)(C)CN. The minimum atomic E-state index is 0.0317. The molecule has 1 aromatic carbocycles. The fraction of sp³-hybridized carbons (Fsp3) is 0.400. The van der Waals surface area contributed by atoms with E-state index < -0.39 is 0 Å². The van der Waals surface area contributed by atoms with Crippen LogP contribution in [0.1, 0.15) is 13.8 Å². The Kier molecular flexibility index (Phi) is 4.70. The Bertz CT molecular complexity index is 614. The molecule has 0 amide bonds. The number of aromatic nitrogens is 2. The molecule has 2 rings (SSSR count). The molecule has 1 heterocycles. The van der Waals surface area contributed by atoms with E-state index in [-0.39, 0.29) is 5.41 Å². The van der Waals surface area contributed by atoms with Gasteiger partial charge in [-0.15, -0.1) is 10.2 Å². The van der Waals surface area contributed by atoms with Crippen molar-refractivity contribution in [1.29, 1.82) is 0 Å². The second kappa shape index (κ2) is 6.49. The molecule has 0 unspecified atom stereocenters. The summed E-state index contributed by atoms with van der Waals surface area (Å²) in [7, 11) is 1.88. The average molecular weight is 286 g/mol. The van der Waals surface area contributed by atoms with Crippen LogP contribution in [0.15, 0.2) is 46.9 Å². The summed E-state index contributed by atoms with van der Waals surface area (Å²) in [5, 5.41) is 11.8. The van der Waals surface area contributed by atoms with Gasteiger partial charge in [0.1, 0.15) is 5.69 Å². The number of hydrogen-bond acceptors (Lipinski definition) is 5. The number of rotatable bonds is 6. The lowest BCUT2D eigenvalue weighted by Gasteiger charge is -2.23. The Morgan fingerprint density at radius 1 is 1.29 bits per heavy atom. The molecule has 0 bridgehead atoms. The number of nitrogens with two attached hydrogens (primary N) is 1. The first kappa shape index (κ1) is 15.2. The number of nitrogens with one attached hydrogen (secondary N) is 1. The summed E-state index contributed by atoms with van der Waals surface area (Å²) < 4.78 is 1.82. The first-order valence-corrected chi connectivity index (χ1v) is 6.94. The Balaban J connectivity index is 2.14. The number of anilines is 1. The van der Waals surface area contributed by atoms with E-state index in [1.807, 2.05) is 42.1 Å². The maximum Gasteiger partial charge on any atom is 0.249 e. The molecular formula is C15H22N6. The van der Waals surface area contributed by atoms with E-state index in [1.54, 1.807) is 6.20 Å². The molecule has 112 valence electrons. The largest absolute Gasteiger partial charge is 0.383 e. The van der Waals surface area contributed by atoms with Gasteiger partial charge in [-0.1, -0.05) is 26.0 Å². The van der Waals surface area contributed by atoms with Crippen LogP contribution in [0.4, 0.5) is 17.3 Å². The Hall–Kier alpha value is -2.21. The van der Waals surface area contributed by atoms with Gasteiger partial charge >= 0.3 is 0 Å². The zero-order chi connectivity index (χ0) is 15.3. The molecule has 0 spiro atoms. The Morgan fingerprint density at radius 2 is 2.05 bits per heavy atom. The summed E-state index contributed by atoms with van der Waals surface area (Å²) in [6, 6.07) is 7.81. The molecule has 21 heavy (non-hydrogen) atoms. The maximum atomic E-state index is 5.76. The third-order valence-corrected chi connectivity index (χ3v) is 3.26. The summed E-state index contributed by atoms with van der Waals surface area (Å²) in [5.74, 6) is 0.576. The van der Waals surface area contributed by atoms with E-state index in [0.29, 0.717) is 12.5 Å². The van der Waals surface area contributed by atoms with Crippen molar-refractivity contribution >= 4 is 17.3 Å². The topological polar surface area (TPSA) is 80.6 Å². The third-order valence-electron chi connectivity index (χ3n) is 3.26. The summed E-state index contributed by atoms with van der Waals surface area (Å²) in [6.45, 7) is 5.64. The minimum absolute atomic E-state index is 0.0317. The number of aryl methyl sites for hydroxylation is 1. The van der Waals surface area contributed by atoms with Gasteiger partial charge in [-0.2, -0.15) is 0 Å². The van der Waals surface area contributed by atoms with Crippen LogP contribution in [0.3, 0.4) is 0 Å². The highest BCUT2D eigenvalue weighted by molar-refractivity contribution is 5.64. The quantitative estimate of drug-likeness (QED) is 0.800. The van der Waals surface area contributed by atoms with Crippen LogP contribution >= 0.6 is 0 Å². The molecule has 0 fully saturated rings. The molecule has 2 aromatic rings. The molecule has 3 N–H and O–H groups in total. The fourth-order valence-corrected chi connectivity index (χ4v) is 1.67. The standard InChI is InChI=1S/C15H22N6/c1-15(2,10-16)11-18-12-6-4-5-7-13(12)19-20-14-17-8-9-21(14)3/h4-9,18H,10-11,16H2,1-3H3. The van der Waals surface area contributed by atoms with E-state index >= 15 is 0 Å². The zero-order valence-corrected chi connectivity index (χ0v) is 12.7. The van der Waals surface area contributed by atoms with E-state index in [2.05, 4.69) is 34.4 Å². The van der Waals surface area contributed by atoms with Crippen LogP contribution in [0, 0.1) is 5.41 Å². The molecule has 6 nitrogen and oxygen atoms in total. The number of azo groups is 1. The Labute approximate surface area is 125 Å². The van der Waals surface area contributed by atoms with Crippen molar-refractivity contribution in [2.24, 2.45) is 28.4 Å². The van der Waals surface area contributed by atoms with Crippen LogP contribution in [-0.2, 0) is 7.05 Å². The van der Waals surface area contributed by atoms with Crippen LogP contribution in [-0.4, -0.2) is 22.6 Å². The third kappa shape index (κ3) is 4.13. The van der Waals surface area contributed by atoms with E-state index in [0.717, 1.165) is 17.9 Å². The van der Waals surface area contributed by atoms with E-state index in [1.165, 1.54) is 0 Å². The van der Waals surface area contributed by atoms with Crippen molar-refractivity contribution in [2.45, 2.75) is 13.8 Å². The van der Waals surface area contributed by atoms with Gasteiger partial charge in [-0.05, 0) is 24.1 Å². The average Bonchev–Trinajstić information content (AvgIpc) is 2.89. The lowest BCUT2D eigenvalue weighted by molar-refractivity contribution is 0.406. The molecule has 0 saturated heterocycles. The number of benzene rings is 1. The number of nitrogens with zero attached hydrogens (tertiary/aromatic N) is 4. The second-order valence-electron chi connectivity index (χ2n) is 5.78. The van der Waals surface area contributed by atoms with Crippen molar-refractivity contribution in [3.8, 4) is 0 Å². The van der Waals surface area contributed by atoms with Crippen molar-refractivity contribution in [1.82, 2.24) is 9.55 Å². The molecule has 0 atom stereocenters. The maximum absolute atomic E-state index is 5.76. The van der Waals surface area contributed by atoms with Crippen molar-refractivity contribution in [3.63, 3.8) is 0 Å². The van der Waals surface area contributed by atoms with Crippen molar-refractivity contribution < 1.29 is 0 Å². The van der Waals surface area contributed by atoms with Gasteiger partial charge in [-0.25, -0.2) is 4.98 Å². The number of imidazole rings is 1. The number of para-hydroxylation sites is 1. The van der Waals surface area contributed by atoms with E-state index in [9.17, 15) is 0 Å². The lowest BCUT2D eigenvalue weighted by Crippen LogP contribution is -2.31. The molecule has 0 aliphatic rings. The van der Waals surface area contributed by atoms with Gasteiger partial charge in [0.05, 0.1) is 5.69 Å². The van der Waals surface area contributed by atoms with Gasteiger partial charge in [0.25, 0.3) is 0 Å². The molecule has 0 aliphatic heterocycles. The molecule has 0 saturated carbocycles. The molecule has 6 heteroatoms. The van der Waals surface area contributed by atoms with Crippen molar-refractivity contribution in [3.05, 3.63) is 36.7 Å². The normalized spacial score (nSPS) is 12.0. The predicted octanol–water partition coefficient (Wildman–Crippen LogP) is 3.23. The zero-order valence-electron chi connectivity index (χ0n) is 12.7. The van der Waals surface area contributed by atoms with Gasteiger partial charge in [-0.3, -0.25) is 0 Å². The lowest BCUT2D eigenvalue weighted by atomic mass is 9.94. The first-order valence-electron chi connectivity index (χ1n) is 6.94. The van der Waals surface area contributed by atoms with Crippen molar-refractivity contribution in [2.75, 3.05) is 18.4 Å². The first-order chi connectivity index (χ1) is 10.0. The fourth-order valence-electron chi connectivity index (χ4n) is 1.67. The summed E-state index contributed by atoms with van der Waals surface area (Å²) >= 11 is 0. The smallest absolute Gasteiger partial charge is 0.249 e. The van der Waals surface area contributed by atoms with Gasteiger partial charge in [0.15, 0.2) is 0 Å². The van der Waals surface area contributed by atoms with Crippen LogP contribution in [0.5, 0.6) is 0 Å². The molecule has 0 radical (unpaired) electrons. The summed E-state index contributed by atoms with van der Waals surface area (Å²) in [4.78, 5) is 4.12. The second-order valence-corrected chi connectivity index (χ2v) is 5.78. The van der Waals surface area contributed by atoms with Gasteiger partial charge < -0.3 is 15.6 Å². The predicted molar refractivity (Wildman–Crippen MR) is 85.2 cm³/mol. The van der Waals surface area contributed by atoms with Crippen LogP contribution in [0.2, 0.25) is 0 Å². The van der Waals surface area contributed by atoms with Gasteiger partial charge in [0.2, 0.25) is 5.95 Å². The highest BCUT2D eigenvalue weighted by atomic mass is 15.3. The molecular weight excluding hydrogens is 264 g/mol. The summed E-state index contributed by atoms with van der Waals surface area (Å²) in [6.07, 6.45) is 3.53. The van der Waals surface area contributed by atoms with E-state index in [4.69, 9.17) is 5.73 Å². The molecule has 1 aromatic heterocycles. The number of hydrogen-bond donors (Lipinski definition) is 2. The van der Waals surface area contributed by atoms with Crippen LogP contribution in [0.25, 0.3) is 0 Å². The minimum Gasteiger partial charge on any atom is -0.383 e. The highest BCUT2D eigenvalue weighted by Gasteiger charge is 2.15. The van der Waals surface area contributed by atoms with Gasteiger partial charge in [0, 0.05) is 26.0 Å². The molecule has 0 aliphatic carbocycles. The monoisotopic (exact) mass is 286 g/mol. The Morgan fingerprint density at radius 3 is 2.71 bits per heavy atom. The van der Waals surface area contributed by atoms with Crippen LogP contribution < -0.4 is 11.1 Å². The highest BCUT2D eigenvalue weighted by Crippen LogP contribution is 2.27. The summed E-state index contributed by atoms with van der Waals surface area (Å²) in [5.41, 5.74) is 7.51.